The third kappa shape index (κ3) is 2.41. The van der Waals surface area contributed by atoms with Gasteiger partial charge in [0.15, 0.2) is 0 Å². The maximum Gasteiger partial charge on any atom is 0.142 e. The predicted octanol–water partition coefficient (Wildman–Crippen LogP) is 2.93. The zero-order valence-corrected chi connectivity index (χ0v) is 9.29. The average Bonchev–Trinajstić information content (AvgIpc) is 2.26. The zero-order valence-electron chi connectivity index (χ0n) is 9.29. The fraction of sp³-hybridized carbons (Fsp3) is 0.500. The summed E-state index contributed by atoms with van der Waals surface area (Å²) in [5.74, 6) is 0.961. The van der Waals surface area contributed by atoms with Crippen LogP contribution in [-0.2, 0) is 0 Å². The number of hydrogen-bond donors (Lipinski definition) is 0. The van der Waals surface area contributed by atoms with Crippen molar-refractivity contribution in [3.63, 3.8) is 0 Å². The van der Waals surface area contributed by atoms with E-state index in [1.165, 1.54) is 5.69 Å². The van der Waals surface area contributed by atoms with Gasteiger partial charge in [0.25, 0.3) is 0 Å². The Morgan fingerprint density at radius 1 is 1.21 bits per heavy atom. The summed E-state index contributed by atoms with van der Waals surface area (Å²) in [5.41, 5.74) is 1.19. The van der Waals surface area contributed by atoms with Gasteiger partial charge in [0, 0.05) is 13.1 Å². The van der Waals surface area contributed by atoms with Crippen LogP contribution in [-0.4, -0.2) is 20.2 Å². The molecular formula is C12H19NO. The summed E-state index contributed by atoms with van der Waals surface area (Å²) in [6, 6.07) is 8.17. The smallest absolute Gasteiger partial charge is 0.142 e. The minimum atomic E-state index is 0.961. The molecule has 0 bridgehead atoms. The monoisotopic (exact) mass is 193 g/mol. The van der Waals surface area contributed by atoms with E-state index in [0.717, 1.165) is 25.3 Å². The molecule has 0 unspecified atom stereocenters. The van der Waals surface area contributed by atoms with E-state index < -0.39 is 0 Å². The fourth-order valence-corrected chi connectivity index (χ4v) is 1.61. The summed E-state index contributed by atoms with van der Waals surface area (Å²) in [7, 11) is 1.72. The molecule has 0 aromatic heterocycles. The van der Waals surface area contributed by atoms with Gasteiger partial charge in [-0.15, -0.1) is 0 Å². The number of para-hydroxylation sites is 2. The molecule has 0 heterocycles. The van der Waals surface area contributed by atoms with Gasteiger partial charge in [0.05, 0.1) is 12.8 Å². The highest BCUT2D eigenvalue weighted by Crippen LogP contribution is 2.27. The molecule has 14 heavy (non-hydrogen) atoms. The minimum Gasteiger partial charge on any atom is -0.495 e. The second-order valence-corrected chi connectivity index (χ2v) is 3.25. The molecule has 0 fully saturated rings. The molecule has 0 radical (unpaired) electrons. The van der Waals surface area contributed by atoms with E-state index >= 15 is 0 Å². The maximum atomic E-state index is 5.33. The van der Waals surface area contributed by atoms with Gasteiger partial charge in [0.1, 0.15) is 5.75 Å². The average molecular weight is 193 g/mol. The molecule has 0 aliphatic rings. The van der Waals surface area contributed by atoms with E-state index in [1.807, 2.05) is 12.1 Å². The highest BCUT2D eigenvalue weighted by Gasteiger charge is 2.07. The highest BCUT2D eigenvalue weighted by molar-refractivity contribution is 5.58. The van der Waals surface area contributed by atoms with Crippen LogP contribution in [0.1, 0.15) is 20.3 Å². The highest BCUT2D eigenvalue weighted by atomic mass is 16.5. The summed E-state index contributed by atoms with van der Waals surface area (Å²) in [6.45, 7) is 6.46. The number of ether oxygens (including phenoxy) is 1. The molecule has 0 amide bonds. The van der Waals surface area contributed by atoms with Crippen LogP contribution in [0.15, 0.2) is 24.3 Å². The van der Waals surface area contributed by atoms with E-state index in [2.05, 4.69) is 30.9 Å². The Bertz CT molecular complexity index is 273. The predicted molar refractivity (Wildman–Crippen MR) is 61.2 cm³/mol. The minimum absolute atomic E-state index is 0.961. The zero-order chi connectivity index (χ0) is 10.4. The van der Waals surface area contributed by atoms with Crippen molar-refractivity contribution in [3.05, 3.63) is 24.3 Å². The van der Waals surface area contributed by atoms with Gasteiger partial charge in [0.2, 0.25) is 0 Å². The van der Waals surface area contributed by atoms with Crippen LogP contribution < -0.4 is 9.64 Å². The molecule has 1 rings (SSSR count). The van der Waals surface area contributed by atoms with Crippen molar-refractivity contribution in [1.29, 1.82) is 0 Å². The van der Waals surface area contributed by atoms with Crippen LogP contribution in [0, 0.1) is 0 Å². The van der Waals surface area contributed by atoms with Crippen LogP contribution in [0.3, 0.4) is 0 Å². The molecular weight excluding hydrogens is 174 g/mol. The Morgan fingerprint density at radius 3 is 2.50 bits per heavy atom. The molecule has 0 N–H and O–H groups in total. The number of anilines is 1. The molecule has 1 aromatic rings. The van der Waals surface area contributed by atoms with E-state index in [0.29, 0.717) is 0 Å². The Balaban J connectivity index is 2.90. The molecule has 0 aliphatic heterocycles. The van der Waals surface area contributed by atoms with Gasteiger partial charge in [-0.25, -0.2) is 0 Å². The molecule has 2 nitrogen and oxygen atoms in total. The van der Waals surface area contributed by atoms with Crippen molar-refractivity contribution in [2.24, 2.45) is 0 Å². The lowest BCUT2D eigenvalue weighted by atomic mass is 10.2. The first-order chi connectivity index (χ1) is 6.83. The van der Waals surface area contributed by atoms with E-state index in [4.69, 9.17) is 4.74 Å². The third-order valence-electron chi connectivity index (χ3n) is 2.30. The molecule has 0 aliphatic carbocycles. The molecule has 2 heteroatoms. The second-order valence-electron chi connectivity index (χ2n) is 3.25. The SMILES string of the molecule is CCCN(CC)c1ccccc1OC. The number of hydrogen-bond acceptors (Lipinski definition) is 2. The third-order valence-corrected chi connectivity index (χ3v) is 2.30. The summed E-state index contributed by atoms with van der Waals surface area (Å²) in [6.07, 6.45) is 1.16. The quantitative estimate of drug-likeness (QED) is 0.713. The standard InChI is InChI=1S/C12H19NO/c1-4-10-13(5-2)11-8-6-7-9-12(11)14-3/h6-9H,4-5,10H2,1-3H3. The molecule has 0 saturated carbocycles. The van der Waals surface area contributed by atoms with Gasteiger partial charge < -0.3 is 9.64 Å². The second kappa shape index (κ2) is 5.53. The van der Waals surface area contributed by atoms with Crippen LogP contribution in [0.5, 0.6) is 5.75 Å². The van der Waals surface area contributed by atoms with Gasteiger partial charge in [-0.3, -0.25) is 0 Å². The topological polar surface area (TPSA) is 12.5 Å². The van der Waals surface area contributed by atoms with Crippen molar-refractivity contribution >= 4 is 5.69 Å². The lowest BCUT2D eigenvalue weighted by Crippen LogP contribution is -2.23. The van der Waals surface area contributed by atoms with E-state index in [-0.39, 0.29) is 0 Å². The first-order valence-electron chi connectivity index (χ1n) is 5.21. The molecule has 0 spiro atoms. The summed E-state index contributed by atoms with van der Waals surface area (Å²) >= 11 is 0. The molecule has 0 atom stereocenters. The number of nitrogens with zero attached hydrogens (tertiary/aromatic N) is 1. The summed E-state index contributed by atoms with van der Waals surface area (Å²) in [5, 5.41) is 0. The maximum absolute atomic E-state index is 5.33. The fourth-order valence-electron chi connectivity index (χ4n) is 1.61. The Kier molecular flexibility index (Phi) is 4.30. The summed E-state index contributed by atoms with van der Waals surface area (Å²) < 4.78 is 5.33. The Labute approximate surface area is 86.5 Å². The largest absolute Gasteiger partial charge is 0.495 e. The van der Waals surface area contributed by atoms with Gasteiger partial charge in [-0.1, -0.05) is 19.1 Å². The van der Waals surface area contributed by atoms with Gasteiger partial charge in [-0.05, 0) is 25.5 Å². The lowest BCUT2D eigenvalue weighted by Gasteiger charge is -2.24. The van der Waals surface area contributed by atoms with Crippen molar-refractivity contribution < 1.29 is 4.74 Å². The van der Waals surface area contributed by atoms with Crippen LogP contribution in [0.2, 0.25) is 0 Å². The van der Waals surface area contributed by atoms with E-state index in [1.54, 1.807) is 7.11 Å². The van der Waals surface area contributed by atoms with Crippen molar-refractivity contribution in [3.8, 4) is 5.75 Å². The normalized spacial score (nSPS) is 9.93. The number of benzene rings is 1. The number of rotatable bonds is 5. The van der Waals surface area contributed by atoms with E-state index in [9.17, 15) is 0 Å². The Morgan fingerprint density at radius 2 is 1.93 bits per heavy atom. The van der Waals surface area contributed by atoms with Crippen LogP contribution in [0.4, 0.5) is 5.69 Å². The van der Waals surface area contributed by atoms with Crippen LogP contribution >= 0.6 is 0 Å². The van der Waals surface area contributed by atoms with Crippen molar-refractivity contribution in [2.45, 2.75) is 20.3 Å². The van der Waals surface area contributed by atoms with Gasteiger partial charge in [-0.2, -0.15) is 0 Å². The number of methoxy groups -OCH3 is 1. The molecule has 78 valence electrons. The first-order valence-corrected chi connectivity index (χ1v) is 5.21. The van der Waals surface area contributed by atoms with Crippen LogP contribution in [0.25, 0.3) is 0 Å². The van der Waals surface area contributed by atoms with Crippen molar-refractivity contribution in [1.82, 2.24) is 0 Å². The lowest BCUT2D eigenvalue weighted by molar-refractivity contribution is 0.414. The Hall–Kier alpha value is -1.18. The van der Waals surface area contributed by atoms with Gasteiger partial charge >= 0.3 is 0 Å². The van der Waals surface area contributed by atoms with Crippen molar-refractivity contribution in [2.75, 3.05) is 25.1 Å². The molecule has 1 aromatic carbocycles. The summed E-state index contributed by atoms with van der Waals surface area (Å²) in [4.78, 5) is 2.33. The first kappa shape index (κ1) is 10.9. The molecule has 0 saturated heterocycles.